The maximum atomic E-state index is 14.5. The van der Waals surface area contributed by atoms with Crippen LogP contribution in [0.1, 0.15) is 52.0 Å². The number of aliphatic hydroxyl groups excluding tert-OH is 2. The molecule has 0 saturated carbocycles. The van der Waals surface area contributed by atoms with Crippen molar-refractivity contribution in [2.24, 2.45) is 5.73 Å². The Morgan fingerprint density at radius 1 is 1.06 bits per heavy atom. The average Bonchev–Trinajstić information content (AvgIpc) is 2.78. The van der Waals surface area contributed by atoms with Crippen molar-refractivity contribution in [2.75, 3.05) is 20.3 Å². The van der Waals surface area contributed by atoms with Crippen LogP contribution in [0.25, 0.3) is 0 Å². The van der Waals surface area contributed by atoms with E-state index in [2.05, 4.69) is 0 Å². The number of unbranched alkanes of at least 4 members (excludes halogenated alkanes) is 1. The molecule has 1 aromatic carbocycles. The molecule has 0 aliphatic carbocycles. The molecule has 0 aromatic heterocycles. The zero-order valence-electron chi connectivity index (χ0n) is 19.3. The van der Waals surface area contributed by atoms with Gasteiger partial charge in [0.1, 0.15) is 6.10 Å². The molecular formula is C22H33F4NO6. The normalized spacial score (nSPS) is 16.1. The van der Waals surface area contributed by atoms with Crippen LogP contribution in [0.3, 0.4) is 0 Å². The van der Waals surface area contributed by atoms with Gasteiger partial charge in [-0.05, 0) is 33.1 Å². The summed E-state index contributed by atoms with van der Waals surface area (Å²) in [5.74, 6) is -8.94. The number of hydrogen-bond acceptors (Lipinski definition) is 7. The third-order valence-electron chi connectivity index (χ3n) is 5.22. The lowest BCUT2D eigenvalue weighted by Gasteiger charge is -2.33. The SMILES string of the molecule is CCCCC(C)Oc1c(F)c(F)c(CCC(O)C(O)C(N)(COC)C(=O)OCC)c(F)c1F. The second-order valence-corrected chi connectivity index (χ2v) is 7.88. The number of carbonyl (C=O) groups is 1. The van der Waals surface area contributed by atoms with E-state index in [1.54, 1.807) is 0 Å². The van der Waals surface area contributed by atoms with Gasteiger partial charge in [-0.15, -0.1) is 0 Å². The monoisotopic (exact) mass is 483 g/mol. The van der Waals surface area contributed by atoms with Gasteiger partial charge in [0.25, 0.3) is 0 Å². The largest absolute Gasteiger partial charge is 0.485 e. The van der Waals surface area contributed by atoms with Gasteiger partial charge in [-0.1, -0.05) is 19.8 Å². The molecule has 4 unspecified atom stereocenters. The fourth-order valence-corrected chi connectivity index (χ4v) is 3.29. The maximum absolute atomic E-state index is 14.5. The number of hydrogen-bond donors (Lipinski definition) is 3. The molecule has 0 heterocycles. The quantitative estimate of drug-likeness (QED) is 0.212. The summed E-state index contributed by atoms with van der Waals surface area (Å²) in [5, 5.41) is 20.7. The van der Waals surface area contributed by atoms with Crippen molar-refractivity contribution >= 4 is 5.97 Å². The zero-order chi connectivity index (χ0) is 25.3. The summed E-state index contributed by atoms with van der Waals surface area (Å²) in [5.41, 5.74) is 2.71. The van der Waals surface area contributed by atoms with Crippen molar-refractivity contribution in [3.63, 3.8) is 0 Å². The lowest BCUT2D eigenvalue weighted by Crippen LogP contribution is -2.64. The number of nitrogens with two attached hydrogens (primary N) is 1. The number of carbonyl (C=O) groups excluding carboxylic acids is 1. The Bertz CT molecular complexity index is 768. The molecular weight excluding hydrogens is 450 g/mol. The molecule has 0 aliphatic heterocycles. The third kappa shape index (κ3) is 7.02. The molecule has 0 bridgehead atoms. The molecule has 0 fully saturated rings. The predicted octanol–water partition coefficient (Wildman–Crippen LogP) is 2.76. The maximum Gasteiger partial charge on any atom is 0.331 e. The van der Waals surface area contributed by atoms with Crippen LogP contribution in [-0.2, 0) is 20.7 Å². The Kier molecular flexibility index (Phi) is 11.5. The highest BCUT2D eigenvalue weighted by atomic mass is 19.2. The highest BCUT2D eigenvalue weighted by Gasteiger charge is 2.46. The van der Waals surface area contributed by atoms with Crippen LogP contribution in [0.4, 0.5) is 17.6 Å². The first-order valence-electron chi connectivity index (χ1n) is 10.8. The highest BCUT2D eigenvalue weighted by molar-refractivity contribution is 5.81. The minimum atomic E-state index is -2.18. The molecule has 4 atom stereocenters. The Morgan fingerprint density at radius 2 is 1.64 bits per heavy atom. The molecule has 1 aromatic rings. The minimum absolute atomic E-state index is 0.0647. The van der Waals surface area contributed by atoms with Crippen molar-refractivity contribution in [1.82, 2.24) is 0 Å². The predicted molar refractivity (Wildman–Crippen MR) is 112 cm³/mol. The van der Waals surface area contributed by atoms with Gasteiger partial charge in [0, 0.05) is 12.7 Å². The molecule has 0 aliphatic rings. The van der Waals surface area contributed by atoms with Crippen LogP contribution >= 0.6 is 0 Å². The van der Waals surface area contributed by atoms with Crippen molar-refractivity contribution in [3.8, 4) is 5.75 Å². The van der Waals surface area contributed by atoms with Crippen LogP contribution in [0.5, 0.6) is 5.75 Å². The van der Waals surface area contributed by atoms with Gasteiger partial charge in [-0.3, -0.25) is 0 Å². The van der Waals surface area contributed by atoms with E-state index >= 15 is 0 Å². The minimum Gasteiger partial charge on any atom is -0.485 e. The van der Waals surface area contributed by atoms with Crippen molar-refractivity contribution in [2.45, 2.75) is 76.7 Å². The van der Waals surface area contributed by atoms with Gasteiger partial charge in [0.15, 0.2) is 22.9 Å². The summed E-state index contributed by atoms with van der Waals surface area (Å²) in [6.07, 6.45) is -3.78. The molecule has 4 N–H and O–H groups in total. The molecule has 11 heteroatoms. The van der Waals surface area contributed by atoms with E-state index in [1.165, 1.54) is 21.0 Å². The number of rotatable bonds is 14. The summed E-state index contributed by atoms with van der Waals surface area (Å²) in [6, 6.07) is 0. The molecule has 0 saturated heterocycles. The Hall–Kier alpha value is -1.95. The standard InChI is InChI=1S/C22H33F4NO6/c1-5-7-8-12(3)33-19-17(25)15(23)13(16(24)18(19)26)9-10-14(28)20(29)22(27,11-31-4)21(30)32-6-2/h12,14,20,28-29H,5-11,27H2,1-4H3. The summed E-state index contributed by atoms with van der Waals surface area (Å²) >= 11 is 0. The van der Waals surface area contributed by atoms with E-state index in [9.17, 15) is 32.6 Å². The van der Waals surface area contributed by atoms with Gasteiger partial charge >= 0.3 is 5.97 Å². The summed E-state index contributed by atoms with van der Waals surface area (Å²) in [4.78, 5) is 12.1. The van der Waals surface area contributed by atoms with E-state index in [-0.39, 0.29) is 6.61 Å². The van der Waals surface area contributed by atoms with E-state index in [1.807, 2.05) is 6.92 Å². The van der Waals surface area contributed by atoms with Gasteiger partial charge < -0.3 is 30.2 Å². The lowest BCUT2D eigenvalue weighted by atomic mass is 9.88. The van der Waals surface area contributed by atoms with Crippen molar-refractivity contribution in [3.05, 3.63) is 28.8 Å². The Morgan fingerprint density at radius 3 is 2.12 bits per heavy atom. The molecule has 1 rings (SSSR count). The van der Waals surface area contributed by atoms with E-state index < -0.39 is 83.9 Å². The molecule has 190 valence electrons. The number of methoxy groups -OCH3 is 1. The van der Waals surface area contributed by atoms with E-state index in [4.69, 9.17) is 19.9 Å². The second kappa shape index (κ2) is 13.1. The van der Waals surface area contributed by atoms with Gasteiger partial charge in [-0.2, -0.15) is 8.78 Å². The second-order valence-electron chi connectivity index (χ2n) is 7.88. The van der Waals surface area contributed by atoms with Crippen molar-refractivity contribution in [1.29, 1.82) is 0 Å². The molecule has 0 radical (unpaired) electrons. The number of esters is 1. The smallest absolute Gasteiger partial charge is 0.331 e. The van der Waals surface area contributed by atoms with Gasteiger partial charge in [0.2, 0.25) is 11.6 Å². The molecule has 33 heavy (non-hydrogen) atoms. The van der Waals surface area contributed by atoms with Crippen LogP contribution in [-0.4, -0.2) is 60.4 Å². The Labute approximate surface area is 190 Å². The first-order valence-corrected chi connectivity index (χ1v) is 10.8. The summed E-state index contributed by atoms with van der Waals surface area (Å²) < 4.78 is 72.6. The fraction of sp³-hybridized carbons (Fsp3) is 0.682. The van der Waals surface area contributed by atoms with Crippen molar-refractivity contribution < 1.29 is 46.8 Å². The summed E-state index contributed by atoms with van der Waals surface area (Å²) in [7, 11) is 1.20. The first kappa shape index (κ1) is 29.1. The highest BCUT2D eigenvalue weighted by Crippen LogP contribution is 2.32. The van der Waals surface area contributed by atoms with Crippen LogP contribution in [0.2, 0.25) is 0 Å². The fourth-order valence-electron chi connectivity index (χ4n) is 3.29. The number of halogens is 4. The summed E-state index contributed by atoms with van der Waals surface area (Å²) in [6.45, 7) is 4.34. The lowest BCUT2D eigenvalue weighted by molar-refractivity contribution is -0.162. The topological polar surface area (TPSA) is 111 Å². The number of aliphatic hydroxyl groups is 2. The molecule has 0 amide bonds. The average molecular weight is 483 g/mol. The number of ether oxygens (including phenoxy) is 3. The third-order valence-corrected chi connectivity index (χ3v) is 5.22. The van der Waals surface area contributed by atoms with Crippen LogP contribution in [0.15, 0.2) is 0 Å². The van der Waals surface area contributed by atoms with Gasteiger partial charge in [0.05, 0.1) is 25.4 Å². The first-order chi connectivity index (χ1) is 15.5. The zero-order valence-corrected chi connectivity index (χ0v) is 19.3. The molecule has 0 spiro atoms. The Balaban J connectivity index is 3.07. The van der Waals surface area contributed by atoms with Crippen LogP contribution < -0.4 is 10.5 Å². The van der Waals surface area contributed by atoms with E-state index in [0.717, 1.165) is 6.42 Å². The molecule has 7 nitrogen and oxygen atoms in total. The van der Waals surface area contributed by atoms with E-state index in [0.29, 0.717) is 12.8 Å². The van der Waals surface area contributed by atoms with Crippen LogP contribution in [0, 0.1) is 23.3 Å². The number of benzene rings is 1. The van der Waals surface area contributed by atoms with Gasteiger partial charge in [-0.25, -0.2) is 13.6 Å².